The maximum absolute atomic E-state index is 12.9. The van der Waals surface area contributed by atoms with Gasteiger partial charge in [-0.25, -0.2) is 9.67 Å². The molecule has 8 nitrogen and oxygen atoms in total. The maximum Gasteiger partial charge on any atom is 0.267 e. The Morgan fingerprint density at radius 2 is 1.88 bits per heavy atom. The van der Waals surface area contributed by atoms with Gasteiger partial charge in [-0.2, -0.15) is 5.10 Å². The molecule has 0 saturated heterocycles. The number of amides is 1. The minimum atomic E-state index is -0.278. The fourth-order valence-electron chi connectivity index (χ4n) is 3.65. The predicted octanol–water partition coefficient (Wildman–Crippen LogP) is 3.49. The Morgan fingerprint density at radius 1 is 1.00 bits per heavy atom. The molecule has 0 spiro atoms. The second-order valence-corrected chi connectivity index (χ2v) is 7.59. The summed E-state index contributed by atoms with van der Waals surface area (Å²) in [5, 5.41) is 7.34. The molecule has 5 rings (SSSR count). The average molecular weight is 436 g/mol. The summed E-state index contributed by atoms with van der Waals surface area (Å²) in [7, 11) is 1.86. The summed E-state index contributed by atoms with van der Waals surface area (Å²) in [5.41, 5.74) is 4.24. The number of benzene rings is 2. The molecular weight excluding hydrogens is 416 g/mol. The SMILES string of the molecule is Cn1c(NC(=O)c2cccc(Cn3nc(-c4cccnc4)ccc3=O)c2)nc2ccccc21. The molecular formula is C25H20N6O2. The van der Waals surface area contributed by atoms with Crippen LogP contribution in [0.4, 0.5) is 5.95 Å². The Balaban J connectivity index is 1.39. The molecule has 0 bridgehead atoms. The molecule has 5 aromatic rings. The minimum absolute atomic E-state index is 0.225. The number of fused-ring (bicyclic) bond motifs is 1. The van der Waals surface area contributed by atoms with Crippen LogP contribution in [0.2, 0.25) is 0 Å². The standard InChI is InChI=1S/C25H20N6O2/c1-30-22-10-3-2-9-21(22)27-25(30)28-24(33)18-7-4-6-17(14-18)16-31-23(32)12-11-20(29-31)19-8-5-13-26-15-19/h2-15H,16H2,1H3,(H,27,28,33). The molecule has 8 heteroatoms. The zero-order valence-electron chi connectivity index (χ0n) is 17.8. The molecule has 162 valence electrons. The number of imidazole rings is 1. The van der Waals surface area contributed by atoms with Crippen molar-refractivity contribution in [1.29, 1.82) is 0 Å². The Labute approximate surface area is 189 Å². The smallest absolute Gasteiger partial charge is 0.267 e. The van der Waals surface area contributed by atoms with Crippen LogP contribution in [0.5, 0.6) is 0 Å². The summed E-state index contributed by atoms with van der Waals surface area (Å²) in [6.07, 6.45) is 3.38. The highest BCUT2D eigenvalue weighted by atomic mass is 16.2. The van der Waals surface area contributed by atoms with Crippen LogP contribution in [0.1, 0.15) is 15.9 Å². The number of nitrogens with one attached hydrogen (secondary N) is 1. The van der Waals surface area contributed by atoms with E-state index < -0.39 is 0 Å². The number of rotatable bonds is 5. The van der Waals surface area contributed by atoms with Gasteiger partial charge in [0.1, 0.15) is 0 Å². The largest absolute Gasteiger partial charge is 0.313 e. The van der Waals surface area contributed by atoms with Gasteiger partial charge in [0.05, 0.1) is 23.3 Å². The number of carbonyl (C=O) groups is 1. The lowest BCUT2D eigenvalue weighted by Gasteiger charge is -2.09. The van der Waals surface area contributed by atoms with E-state index in [2.05, 4.69) is 20.4 Å². The van der Waals surface area contributed by atoms with Crippen LogP contribution >= 0.6 is 0 Å². The van der Waals surface area contributed by atoms with Crippen LogP contribution in [-0.4, -0.2) is 30.2 Å². The van der Waals surface area contributed by atoms with Crippen molar-refractivity contribution >= 4 is 22.9 Å². The number of aromatic nitrogens is 5. The van der Waals surface area contributed by atoms with E-state index in [1.54, 1.807) is 36.7 Å². The molecule has 0 saturated carbocycles. The van der Waals surface area contributed by atoms with Crippen molar-refractivity contribution in [2.75, 3.05) is 5.32 Å². The average Bonchev–Trinajstić information content (AvgIpc) is 3.16. The second kappa shape index (κ2) is 8.51. The molecule has 0 unspecified atom stereocenters. The third-order valence-corrected chi connectivity index (χ3v) is 5.36. The quantitative estimate of drug-likeness (QED) is 0.455. The van der Waals surface area contributed by atoms with Gasteiger partial charge in [0, 0.05) is 36.6 Å². The summed E-state index contributed by atoms with van der Waals surface area (Å²) < 4.78 is 3.22. The number of nitrogens with zero attached hydrogens (tertiary/aromatic N) is 5. The van der Waals surface area contributed by atoms with E-state index in [1.807, 2.05) is 54.1 Å². The fraction of sp³-hybridized carbons (Fsp3) is 0.0800. The number of para-hydroxylation sites is 2. The number of hydrogen-bond donors (Lipinski definition) is 1. The molecule has 0 atom stereocenters. The fourth-order valence-corrected chi connectivity index (χ4v) is 3.65. The Morgan fingerprint density at radius 3 is 2.70 bits per heavy atom. The first-order chi connectivity index (χ1) is 16.1. The first-order valence-electron chi connectivity index (χ1n) is 10.4. The summed E-state index contributed by atoms with van der Waals surface area (Å²) in [6.45, 7) is 0.236. The normalized spacial score (nSPS) is 10.9. The highest BCUT2D eigenvalue weighted by Gasteiger charge is 2.13. The first kappa shape index (κ1) is 20.3. The zero-order valence-corrected chi connectivity index (χ0v) is 17.8. The molecule has 3 heterocycles. The third-order valence-electron chi connectivity index (χ3n) is 5.36. The number of pyridine rings is 1. The van der Waals surface area contributed by atoms with Crippen molar-refractivity contribution in [1.82, 2.24) is 24.3 Å². The molecule has 0 aliphatic heterocycles. The van der Waals surface area contributed by atoms with Gasteiger partial charge in [0.25, 0.3) is 11.5 Å². The van der Waals surface area contributed by atoms with Gasteiger partial charge in [0.15, 0.2) is 0 Å². The maximum atomic E-state index is 12.9. The van der Waals surface area contributed by atoms with E-state index in [0.717, 1.165) is 22.2 Å². The van der Waals surface area contributed by atoms with Gasteiger partial charge in [-0.1, -0.05) is 24.3 Å². The summed E-state index contributed by atoms with van der Waals surface area (Å²) in [5.74, 6) is 0.188. The summed E-state index contributed by atoms with van der Waals surface area (Å²) in [6, 6.07) is 21.7. The van der Waals surface area contributed by atoms with Gasteiger partial charge < -0.3 is 4.57 Å². The highest BCUT2D eigenvalue weighted by molar-refractivity contribution is 6.04. The first-order valence-corrected chi connectivity index (χ1v) is 10.4. The molecule has 2 aromatic carbocycles. The van der Waals surface area contributed by atoms with E-state index >= 15 is 0 Å². The van der Waals surface area contributed by atoms with E-state index in [0.29, 0.717) is 17.2 Å². The van der Waals surface area contributed by atoms with E-state index in [4.69, 9.17) is 0 Å². The Kier molecular flexibility index (Phi) is 5.24. The molecule has 0 aliphatic rings. The van der Waals surface area contributed by atoms with Gasteiger partial charge in [-0.3, -0.25) is 19.9 Å². The zero-order chi connectivity index (χ0) is 22.8. The lowest BCUT2D eigenvalue weighted by Crippen LogP contribution is -2.23. The molecule has 1 N–H and O–H groups in total. The van der Waals surface area contributed by atoms with Crippen molar-refractivity contribution in [2.24, 2.45) is 7.05 Å². The Bertz CT molecular complexity index is 1520. The lowest BCUT2D eigenvalue weighted by molar-refractivity contribution is 0.102. The monoisotopic (exact) mass is 436 g/mol. The summed E-state index contributed by atoms with van der Waals surface area (Å²) in [4.78, 5) is 33.9. The van der Waals surface area contributed by atoms with Gasteiger partial charge in [-0.15, -0.1) is 0 Å². The van der Waals surface area contributed by atoms with Crippen LogP contribution in [0.3, 0.4) is 0 Å². The van der Waals surface area contributed by atoms with Crippen LogP contribution < -0.4 is 10.9 Å². The van der Waals surface area contributed by atoms with Crippen molar-refractivity contribution < 1.29 is 4.79 Å². The second-order valence-electron chi connectivity index (χ2n) is 7.59. The molecule has 3 aromatic heterocycles. The molecule has 1 amide bonds. The minimum Gasteiger partial charge on any atom is -0.313 e. The van der Waals surface area contributed by atoms with Crippen LogP contribution in [0.15, 0.2) is 90.0 Å². The van der Waals surface area contributed by atoms with Gasteiger partial charge in [-0.05, 0) is 48.0 Å². The van der Waals surface area contributed by atoms with Gasteiger partial charge >= 0.3 is 0 Å². The van der Waals surface area contributed by atoms with E-state index in [1.165, 1.54) is 10.7 Å². The summed E-state index contributed by atoms with van der Waals surface area (Å²) >= 11 is 0. The number of hydrogen-bond acceptors (Lipinski definition) is 5. The van der Waals surface area contributed by atoms with Crippen molar-refractivity contribution in [3.63, 3.8) is 0 Å². The number of aryl methyl sites for hydroxylation is 1. The third kappa shape index (κ3) is 4.14. The molecule has 0 radical (unpaired) electrons. The van der Waals surface area contributed by atoms with Gasteiger partial charge in [0.2, 0.25) is 5.95 Å². The topological polar surface area (TPSA) is 94.7 Å². The van der Waals surface area contributed by atoms with Crippen LogP contribution in [0.25, 0.3) is 22.3 Å². The predicted molar refractivity (Wildman–Crippen MR) is 126 cm³/mol. The van der Waals surface area contributed by atoms with Crippen LogP contribution in [-0.2, 0) is 13.6 Å². The lowest BCUT2D eigenvalue weighted by atomic mass is 10.1. The van der Waals surface area contributed by atoms with Crippen molar-refractivity contribution in [3.05, 3.63) is 107 Å². The van der Waals surface area contributed by atoms with E-state index in [9.17, 15) is 9.59 Å². The van der Waals surface area contributed by atoms with Crippen molar-refractivity contribution in [3.8, 4) is 11.3 Å². The van der Waals surface area contributed by atoms with Crippen LogP contribution in [0, 0.1) is 0 Å². The molecule has 0 aliphatic carbocycles. The molecule has 0 fully saturated rings. The highest BCUT2D eigenvalue weighted by Crippen LogP contribution is 2.19. The number of anilines is 1. The number of carbonyl (C=O) groups excluding carboxylic acids is 1. The molecule has 33 heavy (non-hydrogen) atoms. The Hall–Kier alpha value is -4.59. The van der Waals surface area contributed by atoms with E-state index in [-0.39, 0.29) is 18.0 Å². The van der Waals surface area contributed by atoms with Crippen molar-refractivity contribution in [2.45, 2.75) is 6.54 Å².